The topological polar surface area (TPSA) is 73.5 Å². The van der Waals surface area contributed by atoms with Crippen LogP contribution in [0.2, 0.25) is 0 Å². The Morgan fingerprint density at radius 1 is 1.16 bits per heavy atom. The largest absolute Gasteiger partial charge is 0.352 e. The van der Waals surface area contributed by atoms with E-state index < -0.39 is 0 Å². The van der Waals surface area contributed by atoms with Crippen molar-refractivity contribution in [2.24, 2.45) is 5.92 Å². The van der Waals surface area contributed by atoms with Crippen LogP contribution in [0.25, 0.3) is 0 Å². The first-order valence-corrected chi connectivity index (χ1v) is 8.16. The zero-order valence-corrected chi connectivity index (χ0v) is 16.3. The predicted octanol–water partition coefficient (Wildman–Crippen LogP) is 1.76. The van der Waals surface area contributed by atoms with Crippen LogP contribution in [-0.2, 0) is 4.79 Å². The van der Waals surface area contributed by atoms with Crippen molar-refractivity contribution in [3.63, 3.8) is 0 Å². The predicted molar refractivity (Wildman–Crippen MR) is 106 cm³/mol. The van der Waals surface area contributed by atoms with Crippen LogP contribution >= 0.6 is 24.8 Å². The van der Waals surface area contributed by atoms with Crippen LogP contribution in [0, 0.1) is 5.92 Å². The summed E-state index contributed by atoms with van der Waals surface area (Å²) in [6, 6.07) is 7.12. The Labute approximate surface area is 161 Å². The summed E-state index contributed by atoms with van der Waals surface area (Å²) in [6.07, 6.45) is 0. The van der Waals surface area contributed by atoms with Crippen molar-refractivity contribution in [1.29, 1.82) is 0 Å². The Balaban J connectivity index is 0.00000288. The Hall–Kier alpha value is -1.34. The first-order chi connectivity index (χ1) is 11.1. The molecule has 6 nitrogen and oxygen atoms in total. The summed E-state index contributed by atoms with van der Waals surface area (Å²) in [4.78, 5) is 26.6. The molecule has 25 heavy (non-hydrogen) atoms. The van der Waals surface area contributed by atoms with E-state index in [9.17, 15) is 9.59 Å². The van der Waals surface area contributed by atoms with Crippen molar-refractivity contribution in [2.45, 2.75) is 13.8 Å². The van der Waals surface area contributed by atoms with E-state index in [1.54, 1.807) is 18.2 Å². The number of para-hydroxylation sites is 1. The van der Waals surface area contributed by atoms with Gasteiger partial charge in [-0.2, -0.15) is 0 Å². The van der Waals surface area contributed by atoms with E-state index in [2.05, 4.69) is 20.9 Å². The van der Waals surface area contributed by atoms with Crippen LogP contribution in [0.15, 0.2) is 24.3 Å². The van der Waals surface area contributed by atoms with E-state index in [1.807, 2.05) is 19.9 Å². The lowest BCUT2D eigenvalue weighted by atomic mass is 10.1. The molecule has 2 rings (SSSR count). The third-order valence-corrected chi connectivity index (χ3v) is 3.69. The second kappa shape index (κ2) is 12.1. The first kappa shape index (κ1) is 23.7. The lowest BCUT2D eigenvalue weighted by Crippen LogP contribution is -2.46. The third-order valence-electron chi connectivity index (χ3n) is 3.69. The summed E-state index contributed by atoms with van der Waals surface area (Å²) in [5.41, 5.74) is 1.07. The molecule has 0 bridgehead atoms. The molecule has 0 aliphatic carbocycles. The van der Waals surface area contributed by atoms with Gasteiger partial charge in [-0.3, -0.25) is 14.5 Å². The molecule has 1 aliphatic rings. The molecule has 3 N–H and O–H groups in total. The average Bonchev–Trinajstić information content (AvgIpc) is 2.54. The third kappa shape index (κ3) is 8.05. The zero-order chi connectivity index (χ0) is 16.7. The lowest BCUT2D eigenvalue weighted by molar-refractivity contribution is -0.117. The van der Waals surface area contributed by atoms with E-state index >= 15 is 0 Å². The molecule has 142 valence electrons. The molecule has 1 heterocycles. The van der Waals surface area contributed by atoms with Gasteiger partial charge in [0, 0.05) is 32.7 Å². The van der Waals surface area contributed by atoms with Crippen LogP contribution in [0.5, 0.6) is 0 Å². The van der Waals surface area contributed by atoms with Crippen molar-refractivity contribution in [3.8, 4) is 0 Å². The Morgan fingerprint density at radius 2 is 1.80 bits per heavy atom. The molecular formula is C17H28Cl2N4O2. The Bertz CT molecular complexity index is 549. The van der Waals surface area contributed by atoms with Crippen molar-refractivity contribution < 1.29 is 9.59 Å². The van der Waals surface area contributed by atoms with Gasteiger partial charge in [0.1, 0.15) is 0 Å². The SMILES string of the molecule is CC(C)CNC(=O)c1ccccc1NC(=O)CN1CCNCC1.Cl.Cl. The Morgan fingerprint density at radius 3 is 2.44 bits per heavy atom. The van der Waals surface area contributed by atoms with Crippen LogP contribution in [0.4, 0.5) is 5.69 Å². The number of anilines is 1. The number of hydrogen-bond acceptors (Lipinski definition) is 4. The highest BCUT2D eigenvalue weighted by molar-refractivity contribution is 6.04. The number of nitrogens with one attached hydrogen (secondary N) is 3. The minimum Gasteiger partial charge on any atom is -0.352 e. The van der Waals surface area contributed by atoms with Gasteiger partial charge in [0.25, 0.3) is 5.91 Å². The number of rotatable bonds is 6. The number of amides is 2. The highest BCUT2D eigenvalue weighted by Gasteiger charge is 2.16. The lowest BCUT2D eigenvalue weighted by Gasteiger charge is -2.26. The molecule has 1 aromatic rings. The van der Waals surface area contributed by atoms with Crippen molar-refractivity contribution in [3.05, 3.63) is 29.8 Å². The van der Waals surface area contributed by atoms with Crippen molar-refractivity contribution in [1.82, 2.24) is 15.5 Å². The summed E-state index contributed by atoms with van der Waals surface area (Å²) in [5.74, 6) is 0.140. The second-order valence-electron chi connectivity index (χ2n) is 6.22. The summed E-state index contributed by atoms with van der Waals surface area (Å²) < 4.78 is 0. The molecule has 8 heteroatoms. The van der Waals surface area contributed by atoms with E-state index in [-0.39, 0.29) is 36.6 Å². The molecule has 1 aromatic carbocycles. The van der Waals surface area contributed by atoms with Gasteiger partial charge >= 0.3 is 0 Å². The van der Waals surface area contributed by atoms with Gasteiger partial charge in [0.15, 0.2) is 0 Å². The maximum atomic E-state index is 12.3. The highest BCUT2D eigenvalue weighted by atomic mass is 35.5. The Kier molecular flexibility index (Phi) is 11.4. The standard InChI is InChI=1S/C17H26N4O2.2ClH/c1-13(2)11-19-17(23)14-5-3-4-6-15(14)20-16(22)12-21-9-7-18-8-10-21;;/h3-6,13,18H,7-12H2,1-2H3,(H,19,23)(H,20,22);2*1H. The molecule has 1 aliphatic heterocycles. The number of nitrogens with zero attached hydrogens (tertiary/aromatic N) is 1. The number of carbonyl (C=O) groups is 2. The van der Waals surface area contributed by atoms with Gasteiger partial charge in [-0.1, -0.05) is 26.0 Å². The molecule has 2 amide bonds. The molecular weight excluding hydrogens is 363 g/mol. The fourth-order valence-electron chi connectivity index (χ4n) is 2.44. The summed E-state index contributed by atoms with van der Waals surface area (Å²) >= 11 is 0. The number of halogens is 2. The zero-order valence-electron chi connectivity index (χ0n) is 14.7. The molecule has 0 aromatic heterocycles. The van der Waals surface area contributed by atoms with E-state index in [4.69, 9.17) is 0 Å². The van der Waals surface area contributed by atoms with Crippen LogP contribution < -0.4 is 16.0 Å². The average molecular weight is 391 g/mol. The second-order valence-corrected chi connectivity index (χ2v) is 6.22. The molecule has 0 saturated carbocycles. The summed E-state index contributed by atoms with van der Waals surface area (Å²) in [7, 11) is 0. The maximum absolute atomic E-state index is 12.3. The van der Waals surface area contributed by atoms with Crippen LogP contribution in [-0.4, -0.2) is 56.0 Å². The van der Waals surface area contributed by atoms with Crippen molar-refractivity contribution in [2.75, 3.05) is 44.6 Å². The fraction of sp³-hybridized carbons (Fsp3) is 0.529. The van der Waals surface area contributed by atoms with Crippen LogP contribution in [0.3, 0.4) is 0 Å². The normalized spacial score (nSPS) is 14.2. The van der Waals surface area contributed by atoms with Crippen molar-refractivity contribution >= 4 is 42.3 Å². The van der Waals surface area contributed by atoms with Gasteiger partial charge in [-0.15, -0.1) is 24.8 Å². The fourth-order valence-corrected chi connectivity index (χ4v) is 2.44. The highest BCUT2D eigenvalue weighted by Crippen LogP contribution is 2.15. The molecule has 1 saturated heterocycles. The number of hydrogen-bond donors (Lipinski definition) is 3. The van der Waals surface area contributed by atoms with Crippen LogP contribution in [0.1, 0.15) is 24.2 Å². The number of piperazine rings is 1. The van der Waals surface area contributed by atoms with Gasteiger partial charge < -0.3 is 16.0 Å². The molecule has 0 spiro atoms. The van der Waals surface area contributed by atoms with Gasteiger partial charge in [-0.25, -0.2) is 0 Å². The molecule has 0 unspecified atom stereocenters. The summed E-state index contributed by atoms with van der Waals surface area (Å²) in [6.45, 7) is 8.59. The van der Waals surface area contributed by atoms with Gasteiger partial charge in [0.2, 0.25) is 5.91 Å². The molecule has 1 fully saturated rings. The van der Waals surface area contributed by atoms with E-state index in [0.29, 0.717) is 30.3 Å². The van der Waals surface area contributed by atoms with E-state index in [0.717, 1.165) is 26.2 Å². The van der Waals surface area contributed by atoms with E-state index in [1.165, 1.54) is 0 Å². The molecule has 0 atom stereocenters. The minimum absolute atomic E-state index is 0. The monoisotopic (exact) mass is 390 g/mol. The molecule has 0 radical (unpaired) electrons. The number of benzene rings is 1. The number of carbonyl (C=O) groups excluding carboxylic acids is 2. The maximum Gasteiger partial charge on any atom is 0.253 e. The summed E-state index contributed by atoms with van der Waals surface area (Å²) in [5, 5.41) is 9.01. The van der Waals surface area contributed by atoms with Gasteiger partial charge in [0.05, 0.1) is 17.8 Å². The minimum atomic E-state index is -0.156. The smallest absolute Gasteiger partial charge is 0.253 e. The quantitative estimate of drug-likeness (QED) is 0.691. The first-order valence-electron chi connectivity index (χ1n) is 8.16. The van der Waals surface area contributed by atoms with Gasteiger partial charge in [-0.05, 0) is 18.1 Å².